The van der Waals surface area contributed by atoms with E-state index in [0.717, 1.165) is 17.1 Å². The first kappa shape index (κ1) is 11.6. The molecule has 0 aliphatic rings. The third kappa shape index (κ3) is 2.13. The summed E-state index contributed by atoms with van der Waals surface area (Å²) in [6, 6.07) is 7.87. The number of aryl methyl sites for hydroxylation is 1. The summed E-state index contributed by atoms with van der Waals surface area (Å²) in [4.78, 5) is 8.38. The molecule has 96 valence electrons. The van der Waals surface area contributed by atoms with E-state index in [2.05, 4.69) is 15.1 Å². The molecular formula is C13H13N5O. The van der Waals surface area contributed by atoms with Crippen LogP contribution in [0.5, 0.6) is 0 Å². The Morgan fingerprint density at radius 1 is 1.26 bits per heavy atom. The van der Waals surface area contributed by atoms with Crippen LogP contribution in [0.1, 0.15) is 11.7 Å². The fourth-order valence-corrected chi connectivity index (χ4v) is 1.88. The summed E-state index contributed by atoms with van der Waals surface area (Å²) in [7, 11) is 0. The van der Waals surface area contributed by atoms with Crippen LogP contribution in [-0.4, -0.2) is 19.7 Å². The van der Waals surface area contributed by atoms with Crippen LogP contribution in [-0.2, 0) is 6.54 Å². The van der Waals surface area contributed by atoms with Gasteiger partial charge in [-0.2, -0.15) is 4.98 Å². The average Bonchev–Trinajstić information content (AvgIpc) is 3.07. The second kappa shape index (κ2) is 4.66. The van der Waals surface area contributed by atoms with Gasteiger partial charge in [-0.1, -0.05) is 5.16 Å². The predicted molar refractivity (Wildman–Crippen MR) is 69.5 cm³/mol. The summed E-state index contributed by atoms with van der Waals surface area (Å²) in [5.74, 6) is 1.93. The summed E-state index contributed by atoms with van der Waals surface area (Å²) < 4.78 is 6.99. The number of imidazole rings is 1. The molecule has 2 aromatic heterocycles. The van der Waals surface area contributed by atoms with Crippen molar-refractivity contribution in [3.05, 3.63) is 48.4 Å². The number of hydrogen-bond acceptors (Lipinski definition) is 5. The molecule has 0 aliphatic carbocycles. The van der Waals surface area contributed by atoms with E-state index in [1.807, 2.05) is 42.0 Å². The van der Waals surface area contributed by atoms with Crippen molar-refractivity contribution < 1.29 is 4.52 Å². The minimum absolute atomic E-state index is 0.249. The predicted octanol–water partition coefficient (Wildman–Crippen LogP) is 1.69. The van der Waals surface area contributed by atoms with E-state index in [4.69, 9.17) is 10.3 Å². The molecule has 6 nitrogen and oxygen atoms in total. The molecule has 3 rings (SSSR count). The molecule has 0 unspecified atom stereocenters. The van der Waals surface area contributed by atoms with Crippen LogP contribution in [0.3, 0.4) is 0 Å². The maximum Gasteiger partial charge on any atom is 0.240 e. The first-order chi connectivity index (χ1) is 9.28. The average molecular weight is 255 g/mol. The molecule has 0 saturated heterocycles. The van der Waals surface area contributed by atoms with Gasteiger partial charge in [0.2, 0.25) is 11.7 Å². The van der Waals surface area contributed by atoms with Crippen LogP contribution in [0.15, 0.2) is 41.2 Å². The summed E-state index contributed by atoms with van der Waals surface area (Å²) in [6.45, 7) is 2.21. The Labute approximate surface area is 109 Å². The van der Waals surface area contributed by atoms with Gasteiger partial charge in [-0.3, -0.25) is 0 Å². The quantitative estimate of drug-likeness (QED) is 0.770. The lowest BCUT2D eigenvalue weighted by Crippen LogP contribution is -1.96. The van der Waals surface area contributed by atoms with Crippen molar-refractivity contribution in [1.29, 1.82) is 0 Å². The Kier molecular flexibility index (Phi) is 2.85. The largest absolute Gasteiger partial charge is 0.338 e. The van der Waals surface area contributed by atoms with Gasteiger partial charge in [0, 0.05) is 23.6 Å². The molecule has 0 spiro atoms. The smallest absolute Gasteiger partial charge is 0.240 e. The van der Waals surface area contributed by atoms with Crippen molar-refractivity contribution in [2.75, 3.05) is 0 Å². The molecule has 0 radical (unpaired) electrons. The SMILES string of the molecule is Cc1nccn1-c1ccc(-c2noc(CN)n2)cc1. The molecule has 1 aromatic carbocycles. The molecule has 2 heterocycles. The standard InChI is InChI=1S/C13H13N5O/c1-9-15-6-7-18(9)11-4-2-10(3-5-11)13-16-12(8-14)19-17-13/h2-7H,8,14H2,1H3. The van der Waals surface area contributed by atoms with Gasteiger partial charge in [0.15, 0.2) is 0 Å². The molecule has 19 heavy (non-hydrogen) atoms. The fourth-order valence-electron chi connectivity index (χ4n) is 1.88. The third-order valence-electron chi connectivity index (χ3n) is 2.87. The highest BCUT2D eigenvalue weighted by Gasteiger charge is 2.07. The van der Waals surface area contributed by atoms with Gasteiger partial charge in [-0.15, -0.1) is 0 Å². The Morgan fingerprint density at radius 2 is 2.05 bits per heavy atom. The zero-order valence-corrected chi connectivity index (χ0v) is 10.4. The van der Waals surface area contributed by atoms with Gasteiger partial charge in [-0.05, 0) is 31.2 Å². The molecule has 0 aliphatic heterocycles. The van der Waals surface area contributed by atoms with Gasteiger partial charge in [-0.25, -0.2) is 4.98 Å². The van der Waals surface area contributed by atoms with E-state index in [1.54, 1.807) is 6.20 Å². The van der Waals surface area contributed by atoms with Gasteiger partial charge < -0.3 is 14.8 Å². The van der Waals surface area contributed by atoms with Crippen molar-refractivity contribution >= 4 is 0 Å². The van der Waals surface area contributed by atoms with Gasteiger partial charge in [0.25, 0.3) is 0 Å². The summed E-state index contributed by atoms with van der Waals surface area (Å²) in [5.41, 5.74) is 7.38. The first-order valence-corrected chi connectivity index (χ1v) is 5.91. The Bertz CT molecular complexity index is 683. The normalized spacial score (nSPS) is 10.8. The maximum absolute atomic E-state index is 5.44. The van der Waals surface area contributed by atoms with E-state index >= 15 is 0 Å². The third-order valence-corrected chi connectivity index (χ3v) is 2.87. The van der Waals surface area contributed by atoms with Crippen LogP contribution >= 0.6 is 0 Å². The lowest BCUT2D eigenvalue weighted by Gasteiger charge is -2.04. The number of hydrogen-bond donors (Lipinski definition) is 1. The van der Waals surface area contributed by atoms with E-state index in [9.17, 15) is 0 Å². The van der Waals surface area contributed by atoms with Crippen LogP contribution in [0, 0.1) is 6.92 Å². The number of nitrogens with two attached hydrogens (primary N) is 1. The molecule has 0 bridgehead atoms. The van der Waals surface area contributed by atoms with Crippen LogP contribution in [0.4, 0.5) is 0 Å². The zero-order chi connectivity index (χ0) is 13.2. The number of benzene rings is 1. The van der Waals surface area contributed by atoms with Crippen LogP contribution in [0.2, 0.25) is 0 Å². The van der Waals surface area contributed by atoms with E-state index in [-0.39, 0.29) is 6.54 Å². The second-order valence-corrected chi connectivity index (χ2v) is 4.11. The van der Waals surface area contributed by atoms with Crippen LogP contribution < -0.4 is 5.73 Å². The van der Waals surface area contributed by atoms with Crippen molar-refractivity contribution in [3.63, 3.8) is 0 Å². The topological polar surface area (TPSA) is 82.8 Å². The van der Waals surface area contributed by atoms with Crippen molar-refractivity contribution in [3.8, 4) is 17.1 Å². The number of aromatic nitrogens is 4. The van der Waals surface area contributed by atoms with Crippen LogP contribution in [0.25, 0.3) is 17.1 Å². The Morgan fingerprint density at radius 3 is 2.63 bits per heavy atom. The summed E-state index contributed by atoms with van der Waals surface area (Å²) in [6.07, 6.45) is 3.70. The zero-order valence-electron chi connectivity index (χ0n) is 10.4. The Hall–Kier alpha value is -2.47. The number of nitrogens with zero attached hydrogens (tertiary/aromatic N) is 4. The lowest BCUT2D eigenvalue weighted by molar-refractivity contribution is 0.380. The minimum Gasteiger partial charge on any atom is -0.338 e. The minimum atomic E-state index is 0.249. The molecular weight excluding hydrogens is 242 g/mol. The molecule has 0 saturated carbocycles. The van der Waals surface area contributed by atoms with Gasteiger partial charge in [0.1, 0.15) is 5.82 Å². The van der Waals surface area contributed by atoms with Crippen molar-refractivity contribution in [2.45, 2.75) is 13.5 Å². The van der Waals surface area contributed by atoms with E-state index < -0.39 is 0 Å². The fraction of sp³-hybridized carbons (Fsp3) is 0.154. The van der Waals surface area contributed by atoms with Gasteiger partial charge >= 0.3 is 0 Å². The van der Waals surface area contributed by atoms with E-state index in [1.165, 1.54) is 0 Å². The van der Waals surface area contributed by atoms with Crippen molar-refractivity contribution in [1.82, 2.24) is 19.7 Å². The van der Waals surface area contributed by atoms with Crippen molar-refractivity contribution in [2.24, 2.45) is 5.73 Å². The lowest BCUT2D eigenvalue weighted by atomic mass is 10.2. The second-order valence-electron chi connectivity index (χ2n) is 4.11. The summed E-state index contributed by atoms with van der Waals surface area (Å²) >= 11 is 0. The Balaban J connectivity index is 1.92. The molecule has 0 fully saturated rings. The maximum atomic E-state index is 5.44. The monoisotopic (exact) mass is 255 g/mol. The number of rotatable bonds is 3. The molecule has 2 N–H and O–H groups in total. The highest BCUT2D eigenvalue weighted by molar-refractivity contribution is 5.56. The van der Waals surface area contributed by atoms with Gasteiger partial charge in [0.05, 0.1) is 6.54 Å². The molecule has 3 aromatic rings. The molecule has 0 atom stereocenters. The highest BCUT2D eigenvalue weighted by atomic mass is 16.5. The van der Waals surface area contributed by atoms with E-state index in [0.29, 0.717) is 11.7 Å². The molecule has 6 heteroatoms. The highest BCUT2D eigenvalue weighted by Crippen LogP contribution is 2.18. The summed E-state index contributed by atoms with van der Waals surface area (Å²) in [5, 5.41) is 3.88. The first-order valence-electron chi connectivity index (χ1n) is 5.91. The molecule has 0 amide bonds.